The van der Waals surface area contributed by atoms with Crippen molar-refractivity contribution in [1.29, 1.82) is 0 Å². The maximum Gasteiger partial charge on any atom is 0.254 e. The smallest absolute Gasteiger partial charge is 0.254 e. The lowest BCUT2D eigenvalue weighted by molar-refractivity contribution is 0.0947. The topological polar surface area (TPSA) is 54.9 Å². The number of nitrogens with zero attached hydrogens (tertiary/aromatic N) is 2. The number of carbonyl (C=O) groups is 1. The molecular weight excluding hydrogens is 246 g/mol. The average molecular weight is 259 g/mol. The fourth-order valence-electron chi connectivity index (χ4n) is 1.50. The molecule has 0 fully saturated rings. The summed E-state index contributed by atoms with van der Waals surface area (Å²) in [6, 6.07) is 7.29. The predicted octanol–water partition coefficient (Wildman–Crippen LogP) is 2.13. The second-order valence-electron chi connectivity index (χ2n) is 3.60. The highest BCUT2D eigenvalue weighted by atomic mass is 32.2. The van der Waals surface area contributed by atoms with Gasteiger partial charge in [0.25, 0.3) is 5.91 Å². The van der Waals surface area contributed by atoms with E-state index in [0.29, 0.717) is 12.1 Å². The van der Waals surface area contributed by atoms with Gasteiger partial charge in [0.2, 0.25) is 0 Å². The second kappa shape index (κ2) is 6.16. The summed E-state index contributed by atoms with van der Waals surface area (Å²) in [4.78, 5) is 20.1. The molecule has 0 unspecified atom stereocenters. The van der Waals surface area contributed by atoms with Gasteiger partial charge in [-0.3, -0.25) is 9.78 Å². The minimum absolute atomic E-state index is 0.107. The Bertz CT molecular complexity index is 531. The zero-order valence-electron chi connectivity index (χ0n) is 9.96. The Morgan fingerprint density at radius 3 is 2.78 bits per heavy atom. The van der Waals surface area contributed by atoms with Gasteiger partial charge in [-0.2, -0.15) is 0 Å². The van der Waals surface area contributed by atoms with Crippen molar-refractivity contribution in [1.82, 2.24) is 15.3 Å². The molecule has 2 heterocycles. The predicted molar refractivity (Wildman–Crippen MR) is 71.4 cm³/mol. The number of amides is 1. The van der Waals surface area contributed by atoms with Crippen molar-refractivity contribution in [3.63, 3.8) is 0 Å². The van der Waals surface area contributed by atoms with E-state index in [1.807, 2.05) is 18.4 Å². The van der Waals surface area contributed by atoms with Crippen molar-refractivity contribution in [3.8, 4) is 0 Å². The largest absolute Gasteiger partial charge is 0.348 e. The Morgan fingerprint density at radius 1 is 1.28 bits per heavy atom. The Labute approximate surface area is 110 Å². The van der Waals surface area contributed by atoms with E-state index < -0.39 is 0 Å². The Hall–Kier alpha value is -1.88. The van der Waals surface area contributed by atoms with E-state index in [1.54, 1.807) is 30.7 Å². The lowest BCUT2D eigenvalue weighted by Gasteiger charge is -2.07. The van der Waals surface area contributed by atoms with Crippen molar-refractivity contribution in [2.75, 3.05) is 6.26 Å². The van der Waals surface area contributed by atoms with E-state index in [2.05, 4.69) is 15.3 Å². The quantitative estimate of drug-likeness (QED) is 0.855. The van der Waals surface area contributed by atoms with Crippen LogP contribution in [-0.2, 0) is 6.54 Å². The highest BCUT2D eigenvalue weighted by Crippen LogP contribution is 2.16. The van der Waals surface area contributed by atoms with Crippen molar-refractivity contribution in [2.24, 2.45) is 0 Å². The van der Waals surface area contributed by atoms with Gasteiger partial charge in [-0.05, 0) is 36.1 Å². The van der Waals surface area contributed by atoms with Gasteiger partial charge < -0.3 is 5.32 Å². The number of rotatable bonds is 4. The van der Waals surface area contributed by atoms with Gasteiger partial charge in [-0.25, -0.2) is 4.98 Å². The van der Waals surface area contributed by atoms with E-state index in [0.717, 1.165) is 10.6 Å². The molecule has 92 valence electrons. The third-order valence-electron chi connectivity index (χ3n) is 2.41. The molecule has 4 nitrogen and oxygen atoms in total. The van der Waals surface area contributed by atoms with E-state index in [4.69, 9.17) is 0 Å². The Balaban J connectivity index is 2.04. The third kappa shape index (κ3) is 3.07. The van der Waals surface area contributed by atoms with Crippen LogP contribution in [-0.4, -0.2) is 22.1 Å². The van der Waals surface area contributed by atoms with Crippen LogP contribution in [0.15, 0.2) is 47.9 Å². The summed E-state index contributed by atoms with van der Waals surface area (Å²) >= 11 is 1.46. The summed E-state index contributed by atoms with van der Waals surface area (Å²) in [6.45, 7) is 0.490. The molecule has 0 atom stereocenters. The fraction of sp³-hybridized carbons (Fsp3) is 0.154. The summed E-state index contributed by atoms with van der Waals surface area (Å²) in [6.07, 6.45) is 7.01. The van der Waals surface area contributed by atoms with E-state index >= 15 is 0 Å². The van der Waals surface area contributed by atoms with Gasteiger partial charge in [0, 0.05) is 25.1 Å². The average Bonchev–Trinajstić information content (AvgIpc) is 2.45. The van der Waals surface area contributed by atoms with E-state index in [-0.39, 0.29) is 5.91 Å². The first-order valence-electron chi connectivity index (χ1n) is 5.47. The van der Waals surface area contributed by atoms with Gasteiger partial charge in [-0.15, -0.1) is 11.8 Å². The van der Waals surface area contributed by atoms with Crippen LogP contribution in [0.25, 0.3) is 0 Å². The summed E-state index contributed by atoms with van der Waals surface area (Å²) in [5.41, 5.74) is 1.63. The van der Waals surface area contributed by atoms with Crippen LogP contribution in [0.1, 0.15) is 15.9 Å². The lowest BCUT2D eigenvalue weighted by Crippen LogP contribution is -2.23. The minimum Gasteiger partial charge on any atom is -0.348 e. The molecule has 0 saturated carbocycles. The molecule has 0 aromatic carbocycles. The van der Waals surface area contributed by atoms with Crippen molar-refractivity contribution >= 4 is 17.7 Å². The van der Waals surface area contributed by atoms with Crippen LogP contribution >= 0.6 is 11.8 Å². The van der Waals surface area contributed by atoms with Gasteiger partial charge in [-0.1, -0.05) is 0 Å². The lowest BCUT2D eigenvalue weighted by atomic mass is 10.2. The summed E-state index contributed by atoms with van der Waals surface area (Å²) in [5.74, 6) is -0.107. The normalized spacial score (nSPS) is 10.1. The van der Waals surface area contributed by atoms with Crippen LogP contribution < -0.4 is 5.32 Å². The van der Waals surface area contributed by atoms with Gasteiger partial charge in [0.1, 0.15) is 5.03 Å². The molecule has 5 heteroatoms. The number of thioether (sulfide) groups is 1. The molecule has 2 aromatic rings. The number of nitrogens with one attached hydrogen (secondary N) is 1. The number of hydrogen-bond donors (Lipinski definition) is 1. The third-order valence-corrected chi connectivity index (χ3v) is 3.12. The van der Waals surface area contributed by atoms with E-state index in [9.17, 15) is 4.79 Å². The number of pyridine rings is 2. The zero-order chi connectivity index (χ0) is 12.8. The summed E-state index contributed by atoms with van der Waals surface area (Å²) in [5, 5.41) is 3.61. The second-order valence-corrected chi connectivity index (χ2v) is 4.39. The van der Waals surface area contributed by atoms with Crippen LogP contribution in [0, 0.1) is 0 Å². The maximum atomic E-state index is 12.0. The first-order valence-corrected chi connectivity index (χ1v) is 6.70. The van der Waals surface area contributed by atoms with Crippen molar-refractivity contribution in [3.05, 3.63) is 54.0 Å². The molecule has 0 aliphatic rings. The first-order chi connectivity index (χ1) is 8.81. The molecule has 0 aliphatic heterocycles. The van der Waals surface area contributed by atoms with Gasteiger partial charge in [0.05, 0.1) is 5.56 Å². The molecule has 0 spiro atoms. The molecule has 0 radical (unpaired) electrons. The fourth-order valence-corrected chi connectivity index (χ4v) is 2.05. The SMILES string of the molecule is CSc1ncccc1C(=O)NCc1ccncc1. The van der Waals surface area contributed by atoms with Crippen molar-refractivity contribution in [2.45, 2.75) is 11.6 Å². The molecule has 2 rings (SSSR count). The molecule has 18 heavy (non-hydrogen) atoms. The molecule has 2 aromatic heterocycles. The molecule has 1 amide bonds. The monoisotopic (exact) mass is 259 g/mol. The standard InChI is InChI=1S/C13H13N3OS/c1-18-13-11(3-2-6-15-13)12(17)16-9-10-4-7-14-8-5-10/h2-8H,9H2,1H3,(H,16,17). The Morgan fingerprint density at radius 2 is 2.06 bits per heavy atom. The summed E-state index contributed by atoms with van der Waals surface area (Å²) in [7, 11) is 0. The molecule has 0 saturated heterocycles. The minimum atomic E-state index is -0.107. The zero-order valence-corrected chi connectivity index (χ0v) is 10.8. The number of hydrogen-bond acceptors (Lipinski definition) is 4. The molecule has 1 N–H and O–H groups in total. The number of aromatic nitrogens is 2. The maximum absolute atomic E-state index is 12.0. The molecule has 0 aliphatic carbocycles. The van der Waals surface area contributed by atoms with Crippen LogP contribution in [0.4, 0.5) is 0 Å². The highest BCUT2D eigenvalue weighted by Gasteiger charge is 2.10. The van der Waals surface area contributed by atoms with Gasteiger partial charge >= 0.3 is 0 Å². The van der Waals surface area contributed by atoms with Gasteiger partial charge in [0.15, 0.2) is 0 Å². The molecule has 0 bridgehead atoms. The Kier molecular flexibility index (Phi) is 4.30. The molecular formula is C13H13N3OS. The highest BCUT2D eigenvalue weighted by molar-refractivity contribution is 7.98. The summed E-state index contributed by atoms with van der Waals surface area (Å²) < 4.78 is 0. The first kappa shape index (κ1) is 12.6. The van der Waals surface area contributed by atoms with Crippen LogP contribution in [0.2, 0.25) is 0 Å². The van der Waals surface area contributed by atoms with Crippen LogP contribution in [0.5, 0.6) is 0 Å². The number of carbonyl (C=O) groups excluding carboxylic acids is 1. The van der Waals surface area contributed by atoms with Crippen LogP contribution in [0.3, 0.4) is 0 Å². The van der Waals surface area contributed by atoms with E-state index in [1.165, 1.54) is 11.8 Å². The van der Waals surface area contributed by atoms with Crippen molar-refractivity contribution < 1.29 is 4.79 Å².